The maximum atomic E-state index is 5.90. The molecule has 0 bridgehead atoms. The second-order valence-corrected chi connectivity index (χ2v) is 8.02. The molecule has 1 fully saturated rings. The predicted molar refractivity (Wildman–Crippen MR) is 83.2 cm³/mol. The van der Waals surface area contributed by atoms with Crippen LogP contribution in [0, 0.1) is 0 Å². The molecule has 1 aromatic rings. The number of morpholine rings is 1. The third kappa shape index (κ3) is 3.19. The predicted octanol–water partition coefficient (Wildman–Crippen LogP) is 1.14. The summed E-state index contributed by atoms with van der Waals surface area (Å²) in [6.07, 6.45) is 2.68. The van der Waals surface area contributed by atoms with Gasteiger partial charge in [-0.25, -0.2) is 0 Å². The number of rotatable bonds is 6. The maximum Gasteiger partial charge on any atom is 0.387 e. The van der Waals surface area contributed by atoms with Gasteiger partial charge in [0.05, 0.1) is 13.2 Å². The van der Waals surface area contributed by atoms with Gasteiger partial charge in [0.25, 0.3) is 0 Å². The van der Waals surface area contributed by atoms with E-state index in [9.17, 15) is 0 Å². The van der Waals surface area contributed by atoms with Crippen LogP contribution in [0.4, 0.5) is 0 Å². The summed E-state index contributed by atoms with van der Waals surface area (Å²) in [6.45, 7) is 7.31. The molecule has 0 radical (unpaired) electrons. The van der Waals surface area contributed by atoms with Gasteiger partial charge in [-0.1, -0.05) is 36.9 Å². The van der Waals surface area contributed by atoms with Crippen LogP contribution >= 0.6 is 0 Å². The van der Waals surface area contributed by atoms with E-state index < -0.39 is 8.56 Å². The molecule has 20 heavy (non-hydrogen) atoms. The van der Waals surface area contributed by atoms with Crippen LogP contribution in [0.5, 0.6) is 0 Å². The lowest BCUT2D eigenvalue weighted by Crippen LogP contribution is -2.62. The van der Waals surface area contributed by atoms with Crippen LogP contribution in [0.3, 0.4) is 0 Å². The normalized spacial score (nSPS) is 17.1. The molecule has 0 unspecified atom stereocenters. The minimum Gasteiger partial charge on any atom is -0.394 e. The fourth-order valence-corrected chi connectivity index (χ4v) is 5.51. The molecule has 0 saturated carbocycles. The van der Waals surface area contributed by atoms with Gasteiger partial charge in [0, 0.05) is 38.7 Å². The number of benzene rings is 1. The molecule has 0 aliphatic carbocycles. The number of hydrogen-bond acceptors (Lipinski definition) is 4. The van der Waals surface area contributed by atoms with Gasteiger partial charge in [0.15, 0.2) is 0 Å². The summed E-state index contributed by atoms with van der Waals surface area (Å²) < 4.78 is 17.2. The van der Waals surface area contributed by atoms with E-state index in [1.165, 1.54) is 0 Å². The smallest absolute Gasteiger partial charge is 0.387 e. The first-order valence-electron chi connectivity index (χ1n) is 6.88. The van der Waals surface area contributed by atoms with Crippen molar-refractivity contribution in [1.82, 2.24) is 4.90 Å². The van der Waals surface area contributed by atoms with Gasteiger partial charge in [-0.05, 0) is 5.56 Å². The monoisotopic (exact) mass is 293 g/mol. The molecule has 1 heterocycles. The first kappa shape index (κ1) is 15.4. The Morgan fingerprint density at radius 2 is 1.90 bits per heavy atom. The lowest BCUT2D eigenvalue weighted by Gasteiger charge is -2.36. The summed E-state index contributed by atoms with van der Waals surface area (Å²) in [4.78, 5) is 2.36. The Bertz CT molecular complexity index is 442. The molecule has 110 valence electrons. The van der Waals surface area contributed by atoms with Crippen molar-refractivity contribution in [2.75, 3.05) is 46.7 Å². The van der Waals surface area contributed by atoms with Crippen LogP contribution < -0.4 is 5.19 Å². The van der Waals surface area contributed by atoms with Crippen molar-refractivity contribution >= 4 is 19.8 Å². The lowest BCUT2D eigenvalue weighted by atomic mass is 10.2. The summed E-state index contributed by atoms with van der Waals surface area (Å²) in [7, 11) is 1.02. The van der Waals surface area contributed by atoms with E-state index in [1.807, 2.05) is 18.2 Å². The first-order valence-corrected chi connectivity index (χ1v) is 8.90. The second kappa shape index (κ2) is 7.15. The van der Waals surface area contributed by atoms with E-state index in [0.29, 0.717) is 0 Å². The molecule has 1 aliphatic rings. The average molecular weight is 293 g/mol. The molecular weight excluding hydrogens is 270 g/mol. The lowest BCUT2D eigenvalue weighted by molar-refractivity contribution is 0.0406. The van der Waals surface area contributed by atoms with Crippen molar-refractivity contribution in [3.8, 4) is 0 Å². The Morgan fingerprint density at radius 3 is 2.50 bits per heavy atom. The minimum atomic E-state index is -2.47. The third-order valence-corrected chi connectivity index (χ3v) is 7.24. The molecule has 0 amide bonds. The molecule has 4 nitrogen and oxygen atoms in total. The quantitative estimate of drug-likeness (QED) is 0.736. The van der Waals surface area contributed by atoms with E-state index in [0.717, 1.165) is 43.2 Å². The van der Waals surface area contributed by atoms with E-state index in [2.05, 4.69) is 23.6 Å². The fourth-order valence-electron chi connectivity index (χ4n) is 2.59. The highest BCUT2D eigenvalue weighted by atomic mass is 28.4. The fraction of sp³-hybridized carbons (Fsp3) is 0.467. The Labute approximate surface area is 122 Å². The maximum absolute atomic E-state index is 5.90. The Morgan fingerprint density at radius 1 is 1.25 bits per heavy atom. The summed E-state index contributed by atoms with van der Waals surface area (Å²) in [6, 6.07) is 8.19. The van der Waals surface area contributed by atoms with Crippen molar-refractivity contribution in [1.29, 1.82) is 0 Å². The molecule has 1 aromatic carbocycles. The number of ether oxygens (including phenoxy) is 1. The highest BCUT2D eigenvalue weighted by Gasteiger charge is 2.41. The number of nitrogens with zero attached hydrogens (tertiary/aromatic N) is 1. The van der Waals surface area contributed by atoms with Crippen molar-refractivity contribution in [3.63, 3.8) is 0 Å². The number of hydrogen-bond donors (Lipinski definition) is 0. The largest absolute Gasteiger partial charge is 0.394 e. The van der Waals surface area contributed by atoms with Crippen molar-refractivity contribution < 1.29 is 13.6 Å². The Hall–Kier alpha value is -0.983. The van der Waals surface area contributed by atoms with Crippen LogP contribution in [0.15, 0.2) is 30.8 Å². The molecule has 0 N–H and O–H groups in total. The van der Waals surface area contributed by atoms with Gasteiger partial charge in [-0.3, -0.25) is 4.90 Å². The Kier molecular flexibility index (Phi) is 5.51. The van der Waals surface area contributed by atoms with Crippen LogP contribution in [-0.4, -0.2) is 60.2 Å². The summed E-state index contributed by atoms with van der Waals surface area (Å²) in [5.74, 6) is 0. The molecule has 0 atom stereocenters. The van der Waals surface area contributed by atoms with E-state index >= 15 is 0 Å². The zero-order chi connectivity index (χ0) is 14.4. The molecule has 0 spiro atoms. The zero-order valence-corrected chi connectivity index (χ0v) is 13.3. The summed E-state index contributed by atoms with van der Waals surface area (Å²) in [5, 5.41) is 1.14. The highest BCUT2D eigenvalue weighted by Crippen LogP contribution is 2.14. The minimum absolute atomic E-state index is 0.779. The molecule has 0 aromatic heterocycles. The summed E-state index contributed by atoms with van der Waals surface area (Å²) in [5.41, 5.74) is 1.09. The topological polar surface area (TPSA) is 30.9 Å². The molecule has 2 rings (SSSR count). The average Bonchev–Trinajstić information content (AvgIpc) is 2.54. The molecule has 1 saturated heterocycles. The first-order chi connectivity index (χ1) is 9.75. The van der Waals surface area contributed by atoms with Crippen LogP contribution in [0.2, 0.25) is 0 Å². The van der Waals surface area contributed by atoms with E-state index in [-0.39, 0.29) is 0 Å². The van der Waals surface area contributed by atoms with E-state index in [1.54, 1.807) is 14.2 Å². The molecule has 1 aliphatic heterocycles. The molecular formula is C15H23NO3Si. The van der Waals surface area contributed by atoms with Crippen molar-refractivity contribution in [3.05, 3.63) is 36.4 Å². The van der Waals surface area contributed by atoms with Crippen molar-refractivity contribution in [2.24, 2.45) is 0 Å². The third-order valence-electron chi connectivity index (χ3n) is 3.79. The van der Waals surface area contributed by atoms with Gasteiger partial charge in [0.1, 0.15) is 0 Å². The second-order valence-electron chi connectivity index (χ2n) is 4.84. The van der Waals surface area contributed by atoms with Gasteiger partial charge in [0.2, 0.25) is 0 Å². The van der Waals surface area contributed by atoms with Crippen LogP contribution in [-0.2, 0) is 13.6 Å². The zero-order valence-electron chi connectivity index (χ0n) is 12.3. The van der Waals surface area contributed by atoms with Gasteiger partial charge in [-0.15, -0.1) is 0 Å². The van der Waals surface area contributed by atoms with Crippen LogP contribution in [0.1, 0.15) is 5.56 Å². The van der Waals surface area contributed by atoms with E-state index in [4.69, 9.17) is 13.6 Å². The Balaban J connectivity index is 2.29. The highest BCUT2D eigenvalue weighted by molar-refractivity contribution is 6.81. The SMILES string of the molecule is C=Cc1ccccc1[Si](CN1CCOCC1)(OC)OC. The standard InChI is InChI=1S/C15H23NO3Si/c1-4-14-7-5-6-8-15(14)20(17-2,18-3)13-16-9-11-19-12-10-16/h4-8H,1,9-13H2,2-3H3. The molecule has 5 heteroatoms. The van der Waals surface area contributed by atoms with Crippen LogP contribution in [0.25, 0.3) is 6.08 Å². The van der Waals surface area contributed by atoms with Gasteiger partial charge in [-0.2, -0.15) is 0 Å². The summed E-state index contributed by atoms with van der Waals surface area (Å²) >= 11 is 0. The van der Waals surface area contributed by atoms with Gasteiger partial charge < -0.3 is 13.6 Å². The van der Waals surface area contributed by atoms with Gasteiger partial charge >= 0.3 is 8.56 Å². The van der Waals surface area contributed by atoms with Crippen molar-refractivity contribution in [2.45, 2.75) is 0 Å².